The molecule has 150 valence electrons. The van der Waals surface area contributed by atoms with Crippen molar-refractivity contribution in [1.82, 2.24) is 15.3 Å². The van der Waals surface area contributed by atoms with E-state index in [2.05, 4.69) is 20.4 Å². The molecule has 0 spiro atoms. The number of fused-ring (bicyclic) bond motifs is 1. The Labute approximate surface area is 163 Å². The van der Waals surface area contributed by atoms with Gasteiger partial charge in [-0.15, -0.1) is 0 Å². The lowest BCUT2D eigenvalue weighted by atomic mass is 10.1. The van der Waals surface area contributed by atoms with Crippen molar-refractivity contribution in [2.75, 3.05) is 6.54 Å². The Balaban J connectivity index is 1.39. The number of oxime groups is 1. The minimum Gasteiger partial charge on any atom is -0.382 e. The standard InChI is InChI=1S/C20H17F3N4O2/c21-20(22,23)18-14(13-5-1-2-6-15(13)26-18)7-9-25-19(28)17-10-16(27-29-17)12-4-3-8-24-11-12/h1-6,8,11,17,26H,7,9-10H2,(H,25,28). The zero-order chi connectivity index (χ0) is 20.4. The van der Waals surface area contributed by atoms with E-state index in [9.17, 15) is 18.0 Å². The zero-order valence-electron chi connectivity index (χ0n) is 15.2. The first-order chi connectivity index (χ1) is 13.9. The molecule has 1 unspecified atom stereocenters. The summed E-state index contributed by atoms with van der Waals surface area (Å²) in [7, 11) is 0. The number of hydrogen-bond acceptors (Lipinski definition) is 4. The summed E-state index contributed by atoms with van der Waals surface area (Å²) >= 11 is 0. The van der Waals surface area contributed by atoms with Gasteiger partial charge in [0.25, 0.3) is 5.91 Å². The molecule has 1 aliphatic heterocycles. The number of aromatic amines is 1. The molecule has 2 N–H and O–H groups in total. The summed E-state index contributed by atoms with van der Waals surface area (Å²) < 4.78 is 40.1. The van der Waals surface area contributed by atoms with Gasteiger partial charge >= 0.3 is 6.18 Å². The molecule has 0 bridgehead atoms. The Bertz CT molecular complexity index is 1060. The van der Waals surface area contributed by atoms with Crippen LogP contribution in [0, 0.1) is 0 Å². The molecule has 1 amide bonds. The van der Waals surface area contributed by atoms with Crippen LogP contribution in [-0.4, -0.2) is 34.2 Å². The lowest BCUT2D eigenvalue weighted by Crippen LogP contribution is -2.36. The fourth-order valence-electron chi connectivity index (χ4n) is 3.35. The van der Waals surface area contributed by atoms with E-state index in [0.29, 0.717) is 16.6 Å². The molecule has 3 aromatic rings. The largest absolute Gasteiger partial charge is 0.431 e. The van der Waals surface area contributed by atoms with E-state index >= 15 is 0 Å². The maximum Gasteiger partial charge on any atom is 0.431 e. The molecule has 29 heavy (non-hydrogen) atoms. The zero-order valence-corrected chi connectivity index (χ0v) is 15.2. The molecule has 2 aromatic heterocycles. The van der Waals surface area contributed by atoms with Crippen molar-refractivity contribution >= 4 is 22.5 Å². The van der Waals surface area contributed by atoms with Crippen molar-refractivity contribution in [1.29, 1.82) is 0 Å². The molecule has 0 aliphatic carbocycles. The van der Waals surface area contributed by atoms with Gasteiger partial charge in [-0.25, -0.2) is 0 Å². The number of alkyl halides is 3. The Hall–Kier alpha value is -3.36. The van der Waals surface area contributed by atoms with Crippen LogP contribution >= 0.6 is 0 Å². The topological polar surface area (TPSA) is 79.4 Å². The van der Waals surface area contributed by atoms with Crippen LogP contribution in [0.15, 0.2) is 53.9 Å². The highest BCUT2D eigenvalue weighted by atomic mass is 19.4. The molecular weight excluding hydrogens is 385 g/mol. The summed E-state index contributed by atoms with van der Waals surface area (Å²) in [4.78, 5) is 24.0. The maximum absolute atomic E-state index is 13.4. The van der Waals surface area contributed by atoms with Gasteiger partial charge in [-0.05, 0) is 30.2 Å². The van der Waals surface area contributed by atoms with Crippen molar-refractivity contribution in [2.45, 2.75) is 25.1 Å². The lowest BCUT2D eigenvalue weighted by molar-refractivity contribution is -0.141. The van der Waals surface area contributed by atoms with Gasteiger partial charge in [-0.1, -0.05) is 23.4 Å². The number of nitrogens with one attached hydrogen (secondary N) is 2. The van der Waals surface area contributed by atoms with Gasteiger partial charge in [0.05, 0.1) is 5.71 Å². The van der Waals surface area contributed by atoms with E-state index in [4.69, 9.17) is 4.84 Å². The Morgan fingerprint density at radius 2 is 2.07 bits per heavy atom. The predicted octanol–water partition coefficient (Wildman–Crippen LogP) is 3.43. The first kappa shape index (κ1) is 19.0. The van der Waals surface area contributed by atoms with Gasteiger partial charge in [-0.3, -0.25) is 9.78 Å². The molecule has 3 heterocycles. The van der Waals surface area contributed by atoms with Crippen LogP contribution in [0.3, 0.4) is 0 Å². The fraction of sp³-hybridized carbons (Fsp3) is 0.250. The van der Waals surface area contributed by atoms with Gasteiger partial charge < -0.3 is 15.1 Å². The summed E-state index contributed by atoms with van der Waals surface area (Å²) in [5, 5.41) is 7.05. The van der Waals surface area contributed by atoms with Gasteiger partial charge in [0.1, 0.15) is 5.69 Å². The van der Waals surface area contributed by atoms with Crippen LogP contribution in [0.25, 0.3) is 10.9 Å². The number of nitrogens with zero attached hydrogens (tertiary/aromatic N) is 2. The molecule has 1 aliphatic rings. The first-order valence-corrected chi connectivity index (χ1v) is 9.01. The van der Waals surface area contributed by atoms with Gasteiger partial charge in [-0.2, -0.15) is 13.2 Å². The number of carbonyl (C=O) groups is 1. The number of halogens is 3. The summed E-state index contributed by atoms with van der Waals surface area (Å²) in [6.45, 7) is 0.0475. The summed E-state index contributed by atoms with van der Waals surface area (Å²) in [5.41, 5.74) is 1.13. The number of benzene rings is 1. The normalized spacial score (nSPS) is 16.5. The highest BCUT2D eigenvalue weighted by molar-refractivity contribution is 6.03. The van der Waals surface area contributed by atoms with E-state index in [0.717, 1.165) is 5.56 Å². The number of rotatable bonds is 5. The average Bonchev–Trinajstić information content (AvgIpc) is 3.34. The van der Waals surface area contributed by atoms with Gasteiger partial charge in [0.15, 0.2) is 0 Å². The van der Waals surface area contributed by atoms with Crippen molar-refractivity contribution in [2.24, 2.45) is 5.16 Å². The minimum absolute atomic E-state index is 0.0354. The van der Waals surface area contributed by atoms with Gasteiger partial charge in [0.2, 0.25) is 6.10 Å². The second kappa shape index (κ2) is 7.57. The second-order valence-corrected chi connectivity index (χ2v) is 6.64. The highest BCUT2D eigenvalue weighted by Gasteiger charge is 2.36. The minimum atomic E-state index is -4.50. The SMILES string of the molecule is O=C(NCCc1c(C(F)(F)F)[nH]c2ccccc12)C1CC(c2cccnc2)=NO1. The number of H-pyrrole nitrogens is 1. The molecule has 1 atom stereocenters. The Morgan fingerprint density at radius 3 is 2.83 bits per heavy atom. The van der Waals surface area contributed by atoms with E-state index in [1.807, 2.05) is 6.07 Å². The van der Waals surface area contributed by atoms with Crippen LogP contribution in [0.1, 0.15) is 23.2 Å². The fourth-order valence-corrected chi connectivity index (χ4v) is 3.35. The molecule has 4 rings (SSSR count). The quantitative estimate of drug-likeness (QED) is 0.686. The van der Waals surface area contributed by atoms with Gasteiger partial charge in [0, 0.05) is 41.8 Å². The summed E-state index contributed by atoms with van der Waals surface area (Å²) in [5.74, 6) is -0.416. The number of amides is 1. The van der Waals surface area contributed by atoms with E-state index in [-0.39, 0.29) is 24.9 Å². The number of carbonyl (C=O) groups excluding carboxylic acids is 1. The third kappa shape index (κ3) is 3.94. The summed E-state index contributed by atoms with van der Waals surface area (Å²) in [6, 6.07) is 10.1. The molecule has 0 saturated heterocycles. The van der Waals surface area contributed by atoms with E-state index < -0.39 is 23.9 Å². The Kier molecular flexibility index (Phi) is 4.96. The lowest BCUT2D eigenvalue weighted by Gasteiger charge is -2.11. The molecule has 9 heteroatoms. The summed E-state index contributed by atoms with van der Waals surface area (Å²) in [6.07, 6.45) is -1.75. The molecule has 0 fully saturated rings. The first-order valence-electron chi connectivity index (χ1n) is 9.01. The van der Waals surface area contributed by atoms with Crippen LogP contribution in [0.5, 0.6) is 0 Å². The molecule has 1 aromatic carbocycles. The smallest absolute Gasteiger partial charge is 0.382 e. The number of para-hydroxylation sites is 1. The van der Waals surface area contributed by atoms with Crippen LogP contribution in [0.2, 0.25) is 0 Å². The average molecular weight is 402 g/mol. The molecular formula is C20H17F3N4O2. The third-order valence-electron chi connectivity index (χ3n) is 4.73. The molecule has 0 saturated carbocycles. The van der Waals surface area contributed by atoms with Crippen molar-refractivity contribution in [3.63, 3.8) is 0 Å². The monoisotopic (exact) mass is 402 g/mol. The van der Waals surface area contributed by atoms with Crippen LogP contribution in [-0.2, 0) is 22.2 Å². The maximum atomic E-state index is 13.4. The second-order valence-electron chi connectivity index (χ2n) is 6.64. The van der Waals surface area contributed by atoms with E-state index in [1.165, 1.54) is 0 Å². The Morgan fingerprint density at radius 1 is 1.24 bits per heavy atom. The number of aromatic nitrogens is 2. The van der Waals surface area contributed by atoms with E-state index in [1.54, 1.807) is 42.7 Å². The van der Waals surface area contributed by atoms with Crippen molar-refractivity contribution in [3.8, 4) is 0 Å². The number of hydrogen-bond donors (Lipinski definition) is 2. The number of pyridine rings is 1. The molecule has 0 radical (unpaired) electrons. The van der Waals surface area contributed by atoms with Crippen molar-refractivity contribution in [3.05, 3.63) is 65.6 Å². The molecule has 6 nitrogen and oxygen atoms in total. The van der Waals surface area contributed by atoms with Crippen LogP contribution < -0.4 is 5.32 Å². The predicted molar refractivity (Wildman–Crippen MR) is 100 cm³/mol. The third-order valence-corrected chi connectivity index (χ3v) is 4.73. The van der Waals surface area contributed by atoms with Crippen LogP contribution in [0.4, 0.5) is 13.2 Å². The highest BCUT2D eigenvalue weighted by Crippen LogP contribution is 2.35. The van der Waals surface area contributed by atoms with Crippen molar-refractivity contribution < 1.29 is 22.8 Å².